The van der Waals surface area contributed by atoms with Crippen LogP contribution in [0.2, 0.25) is 0 Å². The largest absolute Gasteiger partial charge is 0.469 e. The number of ether oxygens (including phenoxy) is 1. The molecule has 0 spiro atoms. The monoisotopic (exact) mass is 286 g/mol. The molecule has 0 fully saturated rings. The maximum absolute atomic E-state index is 9.59. The molecule has 0 rings (SSSR count). The summed E-state index contributed by atoms with van der Waals surface area (Å²) in [6.45, 7) is 7.47. The van der Waals surface area contributed by atoms with E-state index in [0.717, 1.165) is 0 Å². The van der Waals surface area contributed by atoms with Crippen LogP contribution in [0.15, 0.2) is 0 Å². The van der Waals surface area contributed by atoms with Gasteiger partial charge in [-0.3, -0.25) is 4.79 Å². The first-order valence-corrected chi connectivity index (χ1v) is 3.72. The molecule has 0 aliphatic rings. The first kappa shape index (κ1) is 64.8. The van der Waals surface area contributed by atoms with Gasteiger partial charge < -0.3 is 14.3 Å². The highest BCUT2D eigenvalue weighted by molar-refractivity contribution is 5.72. The van der Waals surface area contributed by atoms with E-state index in [9.17, 15) is 14.4 Å². The van der Waals surface area contributed by atoms with Crippen molar-refractivity contribution >= 4 is 17.5 Å². The zero-order chi connectivity index (χ0) is 11.4. The van der Waals surface area contributed by atoms with Gasteiger partial charge in [-0.2, -0.15) is 0 Å². The number of rotatable bonds is 0. The minimum atomic E-state index is -0.245. The Labute approximate surface area is 123 Å². The quantitative estimate of drug-likeness (QED) is 0.575. The Morgan fingerprint density at radius 1 is 0.579 bits per heavy atom. The van der Waals surface area contributed by atoms with E-state index in [2.05, 4.69) is 4.74 Å². The second kappa shape index (κ2) is 54.1. The number of hydrogen-bond donors (Lipinski definition) is 0. The van der Waals surface area contributed by atoms with Crippen molar-refractivity contribution in [2.24, 2.45) is 0 Å². The lowest BCUT2D eigenvalue weighted by Crippen LogP contribution is -1.88. The van der Waals surface area contributed by atoms with Crippen LogP contribution in [0, 0.1) is 0 Å². The van der Waals surface area contributed by atoms with Crippen LogP contribution in [0.1, 0.15) is 79.2 Å². The van der Waals surface area contributed by atoms with E-state index in [-0.39, 0.29) is 62.1 Å². The van der Waals surface area contributed by atoms with Crippen molar-refractivity contribution in [2.45, 2.75) is 79.2 Å². The number of methoxy groups -OCH3 is 1. The average Bonchev–Trinajstić information content (AvgIpc) is 1.84. The van der Waals surface area contributed by atoms with Gasteiger partial charge in [0.15, 0.2) is 0 Å². The molecular weight excluding hydrogens is 244 g/mol. The Bertz CT molecular complexity index is 144. The molecule has 0 bridgehead atoms. The van der Waals surface area contributed by atoms with Crippen LogP contribution in [-0.2, 0) is 19.1 Å². The van der Waals surface area contributed by atoms with Crippen molar-refractivity contribution in [3.8, 4) is 0 Å². The van der Waals surface area contributed by atoms with Gasteiger partial charge in [0.2, 0.25) is 0 Å². The number of esters is 1. The molecule has 0 radical (unpaired) electrons. The highest BCUT2D eigenvalue weighted by atomic mass is 16.5. The number of carbonyl (C=O) groups excluding carboxylic acids is 3. The normalized spacial score (nSPS) is 4.53. The lowest BCUT2D eigenvalue weighted by atomic mass is 10.6. The van der Waals surface area contributed by atoms with Gasteiger partial charge >= 0.3 is 5.97 Å². The first-order valence-electron chi connectivity index (χ1n) is 3.72. The SMILES string of the molecule is C.C.C.C.C.C.CC(C)=O.CC(C)=O.COC(C)=O. The van der Waals surface area contributed by atoms with Crippen LogP contribution >= 0.6 is 0 Å². The van der Waals surface area contributed by atoms with Gasteiger partial charge in [-0.15, -0.1) is 0 Å². The van der Waals surface area contributed by atoms with Crippen LogP contribution < -0.4 is 0 Å². The second-order valence-electron chi connectivity index (χ2n) is 2.51. The van der Waals surface area contributed by atoms with Crippen molar-refractivity contribution < 1.29 is 19.1 Å². The summed E-state index contributed by atoms with van der Waals surface area (Å²) < 4.78 is 4.11. The molecule has 126 valence electrons. The predicted molar refractivity (Wildman–Crippen MR) is 90.8 cm³/mol. The van der Waals surface area contributed by atoms with Crippen molar-refractivity contribution in [2.75, 3.05) is 7.11 Å². The van der Waals surface area contributed by atoms with E-state index in [1.165, 1.54) is 41.7 Å². The Kier molecular flexibility index (Phi) is 185. The summed E-state index contributed by atoms with van der Waals surface area (Å²) in [5.41, 5.74) is 0. The lowest BCUT2D eigenvalue weighted by molar-refractivity contribution is -0.138. The third kappa shape index (κ3) is 5620. The van der Waals surface area contributed by atoms with Gasteiger partial charge in [-0.05, 0) is 27.7 Å². The molecule has 0 heterocycles. The fourth-order valence-corrected chi connectivity index (χ4v) is 0. The van der Waals surface area contributed by atoms with Gasteiger partial charge in [0.05, 0.1) is 7.11 Å². The molecule has 0 aromatic rings. The van der Waals surface area contributed by atoms with Crippen LogP contribution in [0.3, 0.4) is 0 Å². The Morgan fingerprint density at radius 2 is 0.632 bits per heavy atom. The molecule has 0 N–H and O–H groups in total. The van der Waals surface area contributed by atoms with Gasteiger partial charge in [0.25, 0.3) is 0 Å². The molecule has 4 heteroatoms. The van der Waals surface area contributed by atoms with Crippen LogP contribution in [0.4, 0.5) is 0 Å². The maximum Gasteiger partial charge on any atom is 0.302 e. The maximum atomic E-state index is 9.59. The molecule has 0 amide bonds. The van der Waals surface area contributed by atoms with E-state index in [0.29, 0.717) is 0 Å². The van der Waals surface area contributed by atoms with E-state index >= 15 is 0 Å². The fourth-order valence-electron chi connectivity index (χ4n) is 0. The molecule has 0 aliphatic carbocycles. The molecule has 19 heavy (non-hydrogen) atoms. The van der Waals surface area contributed by atoms with Gasteiger partial charge in [-0.1, -0.05) is 44.6 Å². The third-order valence-electron chi connectivity index (χ3n) is 0.287. The van der Waals surface area contributed by atoms with Crippen molar-refractivity contribution in [3.63, 3.8) is 0 Å². The summed E-state index contributed by atoms with van der Waals surface area (Å²) in [4.78, 5) is 28.5. The Hall–Kier alpha value is -1.19. The molecule has 0 unspecified atom stereocenters. The smallest absolute Gasteiger partial charge is 0.302 e. The van der Waals surface area contributed by atoms with Crippen molar-refractivity contribution in [1.82, 2.24) is 0 Å². The summed E-state index contributed by atoms with van der Waals surface area (Å²) in [5, 5.41) is 0. The van der Waals surface area contributed by atoms with Crippen LogP contribution in [0.25, 0.3) is 0 Å². The topological polar surface area (TPSA) is 60.4 Å². The van der Waals surface area contributed by atoms with E-state index < -0.39 is 0 Å². The minimum absolute atomic E-state index is 0. The zero-order valence-electron chi connectivity index (χ0n) is 9.13. The lowest BCUT2D eigenvalue weighted by Gasteiger charge is -1.80. The number of Topliss-reactive ketones (excluding diaryl/α,β-unsaturated/α-hetero) is 2. The standard InChI is InChI=1S/C3H6O2.2C3H6O.6CH4/c1-3(4)5-2;2*1-3(2)4;;;;;;/h1-2H3;2*1-2H3;6*1H4. The molecule has 0 atom stereocenters. The number of ketones is 2. The van der Waals surface area contributed by atoms with Gasteiger partial charge in [0, 0.05) is 6.92 Å². The second-order valence-corrected chi connectivity index (χ2v) is 2.51. The highest BCUT2D eigenvalue weighted by Crippen LogP contribution is 1.60. The highest BCUT2D eigenvalue weighted by Gasteiger charge is 1.75. The molecule has 0 aromatic heterocycles. The number of hydrogen-bond acceptors (Lipinski definition) is 4. The van der Waals surface area contributed by atoms with E-state index in [4.69, 9.17) is 0 Å². The molecule has 0 saturated carbocycles. The molecule has 0 aromatic carbocycles. The average molecular weight is 286 g/mol. The molecule has 4 nitrogen and oxygen atoms in total. The minimum Gasteiger partial charge on any atom is -0.469 e. The van der Waals surface area contributed by atoms with Crippen LogP contribution in [0.5, 0.6) is 0 Å². The molecule has 0 saturated heterocycles. The summed E-state index contributed by atoms with van der Waals surface area (Å²) in [5.74, 6) is 0.0880. The Balaban J connectivity index is -0.00000000980. The fraction of sp³-hybridized carbons (Fsp3) is 0.800. The number of carbonyl (C=O) groups is 3. The molecule has 0 aliphatic heterocycles. The Morgan fingerprint density at radius 3 is 0.632 bits per heavy atom. The van der Waals surface area contributed by atoms with E-state index in [1.807, 2.05) is 0 Å². The van der Waals surface area contributed by atoms with Crippen LogP contribution in [-0.4, -0.2) is 24.6 Å². The third-order valence-corrected chi connectivity index (χ3v) is 0.287. The predicted octanol–water partition coefficient (Wildman–Crippen LogP) is 5.19. The summed E-state index contributed by atoms with van der Waals surface area (Å²) >= 11 is 0. The molecular formula is C15H42O4. The summed E-state index contributed by atoms with van der Waals surface area (Å²) in [7, 11) is 1.35. The summed E-state index contributed by atoms with van der Waals surface area (Å²) in [6, 6.07) is 0. The van der Waals surface area contributed by atoms with E-state index in [1.54, 1.807) is 0 Å². The summed E-state index contributed by atoms with van der Waals surface area (Å²) in [6.07, 6.45) is 0. The van der Waals surface area contributed by atoms with Crippen molar-refractivity contribution in [1.29, 1.82) is 0 Å². The zero-order valence-corrected chi connectivity index (χ0v) is 9.13. The first-order chi connectivity index (χ1) is 5.73. The van der Waals surface area contributed by atoms with Gasteiger partial charge in [0.1, 0.15) is 11.6 Å². The van der Waals surface area contributed by atoms with Gasteiger partial charge in [-0.25, -0.2) is 0 Å². The van der Waals surface area contributed by atoms with Crippen molar-refractivity contribution in [3.05, 3.63) is 0 Å².